The van der Waals surface area contributed by atoms with Gasteiger partial charge in [0.15, 0.2) is 4.84 Å². The van der Waals surface area contributed by atoms with Crippen molar-refractivity contribution in [1.29, 1.82) is 0 Å². The Morgan fingerprint density at radius 2 is 1.81 bits per heavy atom. The highest BCUT2D eigenvalue weighted by atomic mass is 35.5. The van der Waals surface area contributed by atoms with Crippen molar-refractivity contribution in [2.75, 3.05) is 6.54 Å². The molecule has 0 aliphatic heterocycles. The minimum absolute atomic E-state index is 0.265. The maximum atomic E-state index is 12.2. The number of ketones is 1. The number of rotatable bonds is 5. The van der Waals surface area contributed by atoms with Gasteiger partial charge in [0.2, 0.25) is 0 Å². The fourth-order valence-corrected chi connectivity index (χ4v) is 2.94. The summed E-state index contributed by atoms with van der Waals surface area (Å²) in [6.45, 7) is 1.11. The molecule has 21 heavy (non-hydrogen) atoms. The molecule has 1 aromatic carbocycles. The van der Waals surface area contributed by atoms with E-state index in [2.05, 4.69) is 0 Å². The molecule has 0 radical (unpaired) electrons. The van der Waals surface area contributed by atoms with Crippen LogP contribution in [0.15, 0.2) is 30.3 Å². The molecule has 2 rings (SSSR count). The number of Topliss-reactive ketones (excluding diaryl/α,β-unsaturated/α-hetero) is 1. The summed E-state index contributed by atoms with van der Waals surface area (Å²) in [5.41, 5.74) is 1.05. The topological polar surface area (TPSA) is 37.4 Å². The third-order valence-electron chi connectivity index (χ3n) is 3.86. The summed E-state index contributed by atoms with van der Waals surface area (Å²) in [7, 11) is 0. The largest absolute Gasteiger partial charge is 0.336 e. The van der Waals surface area contributed by atoms with E-state index in [1.165, 1.54) is 0 Å². The van der Waals surface area contributed by atoms with Crippen LogP contribution in [0.3, 0.4) is 0 Å². The lowest BCUT2D eigenvalue weighted by atomic mass is 9.88. The van der Waals surface area contributed by atoms with E-state index in [0.29, 0.717) is 37.6 Å². The van der Waals surface area contributed by atoms with E-state index in [9.17, 15) is 9.59 Å². The molecule has 0 heterocycles. The van der Waals surface area contributed by atoms with Gasteiger partial charge in [0.05, 0.1) is 0 Å². The van der Waals surface area contributed by atoms with Crippen LogP contribution < -0.4 is 0 Å². The van der Waals surface area contributed by atoms with Crippen molar-refractivity contribution in [3.05, 3.63) is 35.9 Å². The Morgan fingerprint density at radius 1 is 1.19 bits per heavy atom. The van der Waals surface area contributed by atoms with Crippen molar-refractivity contribution in [2.45, 2.75) is 37.1 Å². The summed E-state index contributed by atoms with van der Waals surface area (Å²) in [5, 5.41) is 0. The van der Waals surface area contributed by atoms with E-state index < -0.39 is 4.84 Å². The van der Waals surface area contributed by atoms with Crippen LogP contribution in [-0.4, -0.2) is 28.0 Å². The zero-order chi connectivity index (χ0) is 15.2. The fraction of sp³-hybridized carbons (Fsp3) is 0.500. The molecular weight excluding hydrogens is 309 g/mol. The van der Waals surface area contributed by atoms with E-state index in [1.807, 2.05) is 30.3 Å². The number of carbonyl (C=O) groups is 2. The van der Waals surface area contributed by atoms with E-state index in [-0.39, 0.29) is 5.91 Å². The number of benzene rings is 1. The maximum absolute atomic E-state index is 12.2. The van der Waals surface area contributed by atoms with Gasteiger partial charge < -0.3 is 4.90 Å². The Bertz CT molecular complexity index is 480. The first-order chi connectivity index (χ1) is 10.1. The highest BCUT2D eigenvalue weighted by Crippen LogP contribution is 2.24. The van der Waals surface area contributed by atoms with Crippen molar-refractivity contribution < 1.29 is 9.59 Å². The van der Waals surface area contributed by atoms with E-state index in [0.717, 1.165) is 18.4 Å². The van der Waals surface area contributed by atoms with Gasteiger partial charge in [0.25, 0.3) is 5.91 Å². The first kappa shape index (κ1) is 16.3. The summed E-state index contributed by atoms with van der Waals surface area (Å²) >= 11 is 11.5. The smallest absolute Gasteiger partial charge is 0.256 e. The second-order valence-corrected chi connectivity index (χ2v) is 6.58. The van der Waals surface area contributed by atoms with Gasteiger partial charge in [0, 0.05) is 25.9 Å². The first-order valence-electron chi connectivity index (χ1n) is 7.19. The molecule has 5 heteroatoms. The van der Waals surface area contributed by atoms with Crippen LogP contribution in [0.5, 0.6) is 0 Å². The molecule has 1 saturated carbocycles. The second-order valence-electron chi connectivity index (χ2n) is 5.49. The highest BCUT2D eigenvalue weighted by molar-refractivity contribution is 6.53. The molecule has 0 saturated heterocycles. The molecule has 114 valence electrons. The minimum Gasteiger partial charge on any atom is -0.336 e. The van der Waals surface area contributed by atoms with Gasteiger partial charge >= 0.3 is 0 Å². The molecule has 0 atom stereocenters. The first-order valence-corrected chi connectivity index (χ1v) is 8.06. The predicted octanol–water partition coefficient (Wildman–Crippen LogP) is 3.58. The van der Waals surface area contributed by atoms with Crippen LogP contribution in [0.25, 0.3) is 0 Å². The van der Waals surface area contributed by atoms with Gasteiger partial charge in [0.1, 0.15) is 5.78 Å². The monoisotopic (exact) mass is 327 g/mol. The van der Waals surface area contributed by atoms with Gasteiger partial charge in [-0.2, -0.15) is 0 Å². The summed E-state index contributed by atoms with van der Waals surface area (Å²) in [6, 6.07) is 9.77. The van der Waals surface area contributed by atoms with Crippen LogP contribution in [0.4, 0.5) is 0 Å². The molecule has 1 aliphatic rings. The lowest BCUT2D eigenvalue weighted by Gasteiger charge is -2.30. The second kappa shape index (κ2) is 7.81. The van der Waals surface area contributed by atoms with Crippen LogP contribution in [0.2, 0.25) is 0 Å². The van der Waals surface area contributed by atoms with E-state index >= 15 is 0 Å². The summed E-state index contributed by atoms with van der Waals surface area (Å²) < 4.78 is 0. The number of halogens is 2. The standard InChI is InChI=1S/C16H19Cl2NO2/c17-15(18)16(21)19(10-12-4-2-1-3-5-12)11-13-6-8-14(20)9-7-13/h1-5,13,15H,6-11H2. The Balaban J connectivity index is 2.02. The molecule has 1 fully saturated rings. The molecule has 0 bridgehead atoms. The Labute approximate surface area is 135 Å². The Kier molecular flexibility index (Phi) is 6.07. The normalized spacial score (nSPS) is 16.2. The summed E-state index contributed by atoms with van der Waals surface area (Å²) in [4.78, 5) is 24.2. The number of alkyl halides is 2. The third-order valence-corrected chi connectivity index (χ3v) is 4.23. The number of amides is 1. The summed E-state index contributed by atoms with van der Waals surface area (Å²) in [6.07, 6.45) is 2.91. The Morgan fingerprint density at radius 3 is 2.38 bits per heavy atom. The van der Waals surface area contributed by atoms with E-state index in [1.54, 1.807) is 4.90 Å². The van der Waals surface area contributed by atoms with Crippen LogP contribution >= 0.6 is 23.2 Å². The molecular formula is C16H19Cl2NO2. The van der Waals surface area contributed by atoms with Gasteiger partial charge in [-0.05, 0) is 24.3 Å². The fourth-order valence-electron chi connectivity index (χ4n) is 2.67. The van der Waals surface area contributed by atoms with Crippen molar-refractivity contribution in [2.24, 2.45) is 5.92 Å². The lowest BCUT2D eigenvalue weighted by Crippen LogP contribution is -2.39. The molecule has 0 N–H and O–H groups in total. The maximum Gasteiger partial charge on any atom is 0.256 e. The molecule has 1 amide bonds. The van der Waals surface area contributed by atoms with Crippen molar-refractivity contribution in [1.82, 2.24) is 4.90 Å². The lowest BCUT2D eigenvalue weighted by molar-refractivity contribution is -0.131. The minimum atomic E-state index is -1.04. The van der Waals surface area contributed by atoms with Gasteiger partial charge in [-0.3, -0.25) is 9.59 Å². The van der Waals surface area contributed by atoms with Crippen molar-refractivity contribution in [3.8, 4) is 0 Å². The molecule has 1 aliphatic carbocycles. The van der Waals surface area contributed by atoms with Crippen molar-refractivity contribution >= 4 is 34.9 Å². The SMILES string of the molecule is O=C1CCC(CN(Cc2ccccc2)C(=O)C(Cl)Cl)CC1. The number of hydrogen-bond acceptors (Lipinski definition) is 2. The average Bonchev–Trinajstić information content (AvgIpc) is 2.49. The quantitative estimate of drug-likeness (QED) is 0.775. The highest BCUT2D eigenvalue weighted by Gasteiger charge is 2.26. The number of hydrogen-bond donors (Lipinski definition) is 0. The summed E-state index contributed by atoms with van der Waals surface area (Å²) in [5.74, 6) is 0.404. The van der Waals surface area contributed by atoms with Gasteiger partial charge in [-0.15, -0.1) is 0 Å². The molecule has 1 aromatic rings. The Hall–Kier alpha value is -1.06. The van der Waals surface area contributed by atoms with Gasteiger partial charge in [-0.1, -0.05) is 53.5 Å². The predicted molar refractivity (Wildman–Crippen MR) is 84.3 cm³/mol. The van der Waals surface area contributed by atoms with Crippen LogP contribution in [0.1, 0.15) is 31.2 Å². The third kappa shape index (κ3) is 5.01. The van der Waals surface area contributed by atoms with E-state index in [4.69, 9.17) is 23.2 Å². The molecule has 0 aromatic heterocycles. The van der Waals surface area contributed by atoms with Crippen molar-refractivity contribution in [3.63, 3.8) is 0 Å². The van der Waals surface area contributed by atoms with Crippen LogP contribution in [0, 0.1) is 5.92 Å². The average molecular weight is 328 g/mol. The van der Waals surface area contributed by atoms with Gasteiger partial charge in [-0.25, -0.2) is 0 Å². The molecule has 3 nitrogen and oxygen atoms in total. The number of carbonyl (C=O) groups excluding carboxylic acids is 2. The zero-order valence-corrected chi connectivity index (χ0v) is 13.3. The molecule has 0 unspecified atom stereocenters. The zero-order valence-electron chi connectivity index (χ0n) is 11.8. The van der Waals surface area contributed by atoms with Crippen LogP contribution in [-0.2, 0) is 16.1 Å². The number of nitrogens with zero attached hydrogens (tertiary/aromatic N) is 1. The molecule has 0 spiro atoms.